The van der Waals surface area contributed by atoms with Gasteiger partial charge >= 0.3 is 5.97 Å². The highest BCUT2D eigenvalue weighted by atomic mass is 16.5. The van der Waals surface area contributed by atoms with Gasteiger partial charge in [0.05, 0.1) is 11.6 Å². The molecular formula is C14H15N3O4. The molecule has 0 aliphatic heterocycles. The maximum absolute atomic E-state index is 11.5. The Morgan fingerprint density at radius 1 is 1.38 bits per heavy atom. The molecule has 0 aromatic heterocycles. The fourth-order valence-corrected chi connectivity index (χ4v) is 1.65. The molecule has 7 heteroatoms. The number of nitrogens with one attached hydrogen (secondary N) is 1. The van der Waals surface area contributed by atoms with E-state index < -0.39 is 30.4 Å². The minimum atomic E-state index is -0.984. The van der Waals surface area contributed by atoms with Crippen LogP contribution in [-0.4, -0.2) is 30.4 Å². The molecule has 0 fully saturated rings. The van der Waals surface area contributed by atoms with Crippen LogP contribution in [0.15, 0.2) is 24.3 Å². The molecule has 110 valence electrons. The number of hydrogen-bond acceptors (Lipinski definition) is 5. The van der Waals surface area contributed by atoms with Gasteiger partial charge in [-0.2, -0.15) is 5.26 Å². The van der Waals surface area contributed by atoms with Gasteiger partial charge in [0.2, 0.25) is 5.91 Å². The van der Waals surface area contributed by atoms with Crippen molar-refractivity contribution in [1.29, 1.82) is 5.26 Å². The Kier molecular flexibility index (Phi) is 5.89. The average Bonchev–Trinajstić information content (AvgIpc) is 2.44. The third kappa shape index (κ3) is 5.32. The van der Waals surface area contributed by atoms with Gasteiger partial charge in [0, 0.05) is 13.3 Å². The van der Waals surface area contributed by atoms with Crippen molar-refractivity contribution >= 4 is 17.8 Å². The predicted molar refractivity (Wildman–Crippen MR) is 72.6 cm³/mol. The summed E-state index contributed by atoms with van der Waals surface area (Å²) in [6, 6.07) is 7.71. The molecule has 1 aromatic carbocycles. The van der Waals surface area contributed by atoms with Gasteiger partial charge in [-0.15, -0.1) is 0 Å². The van der Waals surface area contributed by atoms with Crippen LogP contribution in [0.5, 0.6) is 0 Å². The zero-order valence-corrected chi connectivity index (χ0v) is 11.5. The summed E-state index contributed by atoms with van der Waals surface area (Å²) in [6.07, 6.45) is 0.0882. The van der Waals surface area contributed by atoms with Crippen molar-refractivity contribution in [2.75, 3.05) is 6.61 Å². The number of carbonyl (C=O) groups excluding carboxylic acids is 3. The minimum Gasteiger partial charge on any atom is -0.456 e. The second kappa shape index (κ2) is 7.65. The number of hydrogen-bond donors (Lipinski definition) is 2. The second-order valence-electron chi connectivity index (χ2n) is 4.28. The van der Waals surface area contributed by atoms with Crippen molar-refractivity contribution in [3.63, 3.8) is 0 Å². The van der Waals surface area contributed by atoms with E-state index in [2.05, 4.69) is 10.1 Å². The average molecular weight is 289 g/mol. The first-order valence-corrected chi connectivity index (χ1v) is 6.14. The Morgan fingerprint density at radius 3 is 2.62 bits per heavy atom. The lowest BCUT2D eigenvalue weighted by molar-refractivity contribution is -0.146. The minimum absolute atomic E-state index is 0.0882. The van der Waals surface area contributed by atoms with Gasteiger partial charge in [0.25, 0.3) is 5.91 Å². The van der Waals surface area contributed by atoms with E-state index in [0.717, 1.165) is 0 Å². The summed E-state index contributed by atoms with van der Waals surface area (Å²) in [5.74, 6) is -1.97. The van der Waals surface area contributed by atoms with Gasteiger partial charge in [-0.3, -0.25) is 14.4 Å². The summed E-state index contributed by atoms with van der Waals surface area (Å²) >= 11 is 0. The lowest BCUT2D eigenvalue weighted by Gasteiger charge is -2.16. The standard InChI is InChI=1S/C14H15N3O4/c1-9(18)21-8-13(19)17-12(14(16)20)6-10-4-2-3-5-11(10)7-15/h2-5,12H,6,8H2,1H3,(H2,16,20)(H,17,19)/t12-/m0/s1. The first kappa shape index (κ1) is 16.2. The smallest absolute Gasteiger partial charge is 0.303 e. The van der Waals surface area contributed by atoms with Crippen LogP contribution in [0.2, 0.25) is 0 Å². The number of carbonyl (C=O) groups is 3. The lowest BCUT2D eigenvalue weighted by Crippen LogP contribution is -2.47. The Balaban J connectivity index is 2.75. The maximum Gasteiger partial charge on any atom is 0.303 e. The second-order valence-corrected chi connectivity index (χ2v) is 4.28. The van der Waals surface area contributed by atoms with Gasteiger partial charge in [0.15, 0.2) is 6.61 Å². The van der Waals surface area contributed by atoms with Crippen molar-refractivity contribution in [1.82, 2.24) is 5.32 Å². The number of amides is 2. The predicted octanol–water partition coefficient (Wildman–Crippen LogP) is -0.366. The number of primary amides is 1. The van der Waals surface area contributed by atoms with E-state index >= 15 is 0 Å². The van der Waals surface area contributed by atoms with E-state index in [1.54, 1.807) is 24.3 Å². The summed E-state index contributed by atoms with van der Waals surface area (Å²) in [4.78, 5) is 33.6. The quantitative estimate of drug-likeness (QED) is 0.692. The number of nitrogens with two attached hydrogens (primary N) is 1. The highest BCUT2D eigenvalue weighted by Crippen LogP contribution is 2.10. The van der Waals surface area contributed by atoms with Crippen LogP contribution in [0.1, 0.15) is 18.1 Å². The van der Waals surface area contributed by atoms with E-state index in [4.69, 9.17) is 11.0 Å². The summed E-state index contributed by atoms with van der Waals surface area (Å²) < 4.78 is 4.52. The zero-order valence-electron chi connectivity index (χ0n) is 11.5. The molecular weight excluding hydrogens is 274 g/mol. The topological polar surface area (TPSA) is 122 Å². The molecule has 0 saturated carbocycles. The summed E-state index contributed by atoms with van der Waals surface area (Å²) in [6.45, 7) is 0.682. The molecule has 3 N–H and O–H groups in total. The lowest BCUT2D eigenvalue weighted by atomic mass is 10.0. The van der Waals surface area contributed by atoms with Crippen molar-refractivity contribution in [3.8, 4) is 6.07 Å². The molecule has 0 unspecified atom stereocenters. The molecule has 7 nitrogen and oxygen atoms in total. The molecule has 2 amide bonds. The number of benzene rings is 1. The van der Waals surface area contributed by atoms with Crippen LogP contribution in [0.4, 0.5) is 0 Å². The number of nitriles is 1. The van der Waals surface area contributed by atoms with E-state index in [9.17, 15) is 14.4 Å². The van der Waals surface area contributed by atoms with Crippen LogP contribution in [0, 0.1) is 11.3 Å². The molecule has 1 aromatic rings. The van der Waals surface area contributed by atoms with E-state index in [-0.39, 0.29) is 6.42 Å². The molecule has 1 rings (SSSR count). The summed E-state index contributed by atoms with van der Waals surface area (Å²) in [7, 11) is 0. The molecule has 21 heavy (non-hydrogen) atoms. The fourth-order valence-electron chi connectivity index (χ4n) is 1.65. The molecule has 0 spiro atoms. The normalized spacial score (nSPS) is 11.0. The SMILES string of the molecule is CC(=O)OCC(=O)N[C@@H](Cc1ccccc1C#N)C(N)=O. The molecule has 0 saturated heterocycles. The van der Waals surface area contributed by atoms with E-state index in [1.807, 2.05) is 6.07 Å². The highest BCUT2D eigenvalue weighted by Gasteiger charge is 2.20. The van der Waals surface area contributed by atoms with Crippen LogP contribution in [-0.2, 0) is 25.5 Å². The number of rotatable bonds is 6. The third-order valence-electron chi connectivity index (χ3n) is 2.65. The van der Waals surface area contributed by atoms with Crippen molar-refractivity contribution < 1.29 is 19.1 Å². The van der Waals surface area contributed by atoms with Crippen LogP contribution in [0.25, 0.3) is 0 Å². The third-order valence-corrected chi connectivity index (χ3v) is 2.65. The molecule has 0 aliphatic carbocycles. The zero-order chi connectivity index (χ0) is 15.8. The van der Waals surface area contributed by atoms with Gasteiger partial charge in [-0.25, -0.2) is 0 Å². The number of ether oxygens (including phenoxy) is 1. The number of nitrogens with zero attached hydrogens (tertiary/aromatic N) is 1. The van der Waals surface area contributed by atoms with Gasteiger partial charge < -0.3 is 15.8 Å². The summed E-state index contributed by atoms with van der Waals surface area (Å²) in [5.41, 5.74) is 6.23. The Labute approximate surface area is 121 Å². The number of esters is 1. The first-order chi connectivity index (χ1) is 9.93. The van der Waals surface area contributed by atoms with Gasteiger partial charge in [0.1, 0.15) is 6.04 Å². The molecule has 1 atom stereocenters. The first-order valence-electron chi connectivity index (χ1n) is 6.14. The molecule has 0 radical (unpaired) electrons. The molecule has 0 aliphatic rings. The Morgan fingerprint density at radius 2 is 2.05 bits per heavy atom. The maximum atomic E-state index is 11.5. The molecule has 0 heterocycles. The Bertz CT molecular complexity index is 592. The monoisotopic (exact) mass is 289 g/mol. The van der Waals surface area contributed by atoms with Gasteiger partial charge in [-0.1, -0.05) is 18.2 Å². The largest absolute Gasteiger partial charge is 0.456 e. The van der Waals surface area contributed by atoms with Crippen LogP contribution >= 0.6 is 0 Å². The fraction of sp³-hybridized carbons (Fsp3) is 0.286. The van der Waals surface area contributed by atoms with E-state index in [1.165, 1.54) is 6.92 Å². The van der Waals surface area contributed by atoms with Crippen molar-refractivity contribution in [2.24, 2.45) is 5.73 Å². The van der Waals surface area contributed by atoms with Crippen LogP contribution < -0.4 is 11.1 Å². The van der Waals surface area contributed by atoms with Crippen molar-refractivity contribution in [3.05, 3.63) is 35.4 Å². The summed E-state index contributed by atoms with van der Waals surface area (Å²) in [5, 5.41) is 11.4. The van der Waals surface area contributed by atoms with Gasteiger partial charge in [-0.05, 0) is 11.6 Å². The van der Waals surface area contributed by atoms with Crippen molar-refractivity contribution in [2.45, 2.75) is 19.4 Å². The highest BCUT2D eigenvalue weighted by molar-refractivity contribution is 5.88. The van der Waals surface area contributed by atoms with E-state index in [0.29, 0.717) is 11.1 Å². The van der Waals surface area contributed by atoms with Crippen LogP contribution in [0.3, 0.4) is 0 Å². The molecule has 0 bridgehead atoms. The Hall–Kier alpha value is -2.88.